The lowest BCUT2D eigenvalue weighted by Gasteiger charge is -2.29. The fraction of sp³-hybridized carbons (Fsp3) is 0.667. The van der Waals surface area contributed by atoms with Gasteiger partial charge in [-0.05, 0) is 68.3 Å². The minimum Gasteiger partial charge on any atom is -0.317 e. The SMILES string of the molecule is CCN(Cc1ccc(C2CC2)cc1)CC1CCNCC1. The van der Waals surface area contributed by atoms with Crippen LogP contribution in [-0.2, 0) is 6.54 Å². The monoisotopic (exact) mass is 272 g/mol. The molecule has 1 N–H and O–H groups in total. The molecule has 2 nitrogen and oxygen atoms in total. The van der Waals surface area contributed by atoms with Crippen molar-refractivity contribution in [2.24, 2.45) is 5.92 Å². The lowest BCUT2D eigenvalue weighted by molar-refractivity contribution is 0.207. The van der Waals surface area contributed by atoms with Crippen molar-refractivity contribution in [2.45, 2.75) is 45.1 Å². The molecule has 0 aromatic heterocycles. The summed E-state index contributed by atoms with van der Waals surface area (Å²) < 4.78 is 0. The van der Waals surface area contributed by atoms with Crippen molar-refractivity contribution in [2.75, 3.05) is 26.2 Å². The summed E-state index contributed by atoms with van der Waals surface area (Å²) in [4.78, 5) is 2.61. The third kappa shape index (κ3) is 3.83. The summed E-state index contributed by atoms with van der Waals surface area (Å²) in [5.41, 5.74) is 3.03. The Kier molecular flexibility index (Phi) is 4.74. The number of hydrogen-bond donors (Lipinski definition) is 1. The van der Waals surface area contributed by atoms with E-state index in [2.05, 4.69) is 41.4 Å². The van der Waals surface area contributed by atoms with Gasteiger partial charge in [0.1, 0.15) is 0 Å². The van der Waals surface area contributed by atoms with E-state index in [0.29, 0.717) is 0 Å². The Labute approximate surface area is 123 Å². The zero-order valence-electron chi connectivity index (χ0n) is 12.8. The van der Waals surface area contributed by atoms with Gasteiger partial charge in [0.2, 0.25) is 0 Å². The largest absolute Gasteiger partial charge is 0.317 e. The highest BCUT2D eigenvalue weighted by atomic mass is 15.1. The summed E-state index contributed by atoms with van der Waals surface area (Å²) in [6.07, 6.45) is 5.49. The van der Waals surface area contributed by atoms with Crippen molar-refractivity contribution in [3.63, 3.8) is 0 Å². The van der Waals surface area contributed by atoms with Crippen LogP contribution in [0.1, 0.15) is 49.7 Å². The van der Waals surface area contributed by atoms with Crippen LogP contribution in [0.25, 0.3) is 0 Å². The smallest absolute Gasteiger partial charge is 0.0233 e. The summed E-state index contributed by atoms with van der Waals surface area (Å²) >= 11 is 0. The van der Waals surface area contributed by atoms with Crippen LogP contribution in [0.5, 0.6) is 0 Å². The summed E-state index contributed by atoms with van der Waals surface area (Å²) in [7, 11) is 0. The first-order valence-corrected chi connectivity index (χ1v) is 8.37. The molecule has 0 unspecified atom stereocenters. The zero-order chi connectivity index (χ0) is 13.8. The Bertz CT molecular complexity index is 402. The average molecular weight is 272 g/mol. The zero-order valence-corrected chi connectivity index (χ0v) is 12.8. The molecule has 110 valence electrons. The molecule has 1 saturated carbocycles. The second-order valence-electron chi connectivity index (χ2n) is 6.54. The summed E-state index contributed by atoms with van der Waals surface area (Å²) in [6.45, 7) is 8.25. The van der Waals surface area contributed by atoms with Crippen molar-refractivity contribution < 1.29 is 0 Å². The Morgan fingerprint density at radius 1 is 1.05 bits per heavy atom. The number of benzene rings is 1. The minimum atomic E-state index is 0.876. The van der Waals surface area contributed by atoms with Crippen LogP contribution in [0.3, 0.4) is 0 Å². The maximum absolute atomic E-state index is 3.46. The van der Waals surface area contributed by atoms with Crippen molar-refractivity contribution in [3.05, 3.63) is 35.4 Å². The molecule has 1 aromatic rings. The van der Waals surface area contributed by atoms with Gasteiger partial charge in [0.15, 0.2) is 0 Å². The van der Waals surface area contributed by atoms with E-state index in [4.69, 9.17) is 0 Å². The van der Waals surface area contributed by atoms with Gasteiger partial charge in [-0.2, -0.15) is 0 Å². The predicted molar refractivity (Wildman–Crippen MR) is 85.0 cm³/mol. The van der Waals surface area contributed by atoms with Crippen LogP contribution < -0.4 is 5.32 Å². The van der Waals surface area contributed by atoms with E-state index in [1.54, 1.807) is 5.56 Å². The van der Waals surface area contributed by atoms with Crippen LogP contribution in [0.15, 0.2) is 24.3 Å². The molecule has 0 radical (unpaired) electrons. The van der Waals surface area contributed by atoms with Crippen molar-refractivity contribution >= 4 is 0 Å². The third-order valence-electron chi connectivity index (χ3n) is 4.86. The molecule has 1 aliphatic heterocycles. The molecule has 1 saturated heterocycles. The first kappa shape index (κ1) is 14.1. The van der Waals surface area contributed by atoms with Gasteiger partial charge in [-0.1, -0.05) is 31.2 Å². The van der Waals surface area contributed by atoms with Gasteiger partial charge >= 0.3 is 0 Å². The molecule has 2 fully saturated rings. The minimum absolute atomic E-state index is 0.876. The summed E-state index contributed by atoms with van der Waals surface area (Å²) in [6, 6.07) is 9.40. The molecule has 3 rings (SSSR count). The highest BCUT2D eigenvalue weighted by Crippen LogP contribution is 2.39. The molecule has 0 amide bonds. The fourth-order valence-corrected chi connectivity index (χ4v) is 3.30. The number of nitrogens with one attached hydrogen (secondary N) is 1. The standard InChI is InChI=1S/C18H28N2/c1-2-20(14-16-9-11-19-12-10-16)13-15-3-5-17(6-4-15)18-7-8-18/h3-6,16,18-19H,2,7-14H2,1H3. The molecule has 0 atom stereocenters. The maximum atomic E-state index is 3.46. The predicted octanol–water partition coefficient (Wildman–Crippen LogP) is 3.39. The van der Waals surface area contributed by atoms with Gasteiger partial charge in [0.05, 0.1) is 0 Å². The molecule has 1 aliphatic carbocycles. The summed E-state index contributed by atoms with van der Waals surface area (Å²) in [5.74, 6) is 1.77. The molecule has 2 aliphatic rings. The molecule has 1 heterocycles. The van der Waals surface area contributed by atoms with Crippen LogP contribution in [0.2, 0.25) is 0 Å². The molecule has 0 spiro atoms. The third-order valence-corrected chi connectivity index (χ3v) is 4.86. The van der Waals surface area contributed by atoms with E-state index >= 15 is 0 Å². The van der Waals surface area contributed by atoms with Crippen molar-refractivity contribution in [1.82, 2.24) is 10.2 Å². The second-order valence-corrected chi connectivity index (χ2v) is 6.54. The lowest BCUT2D eigenvalue weighted by Crippen LogP contribution is -2.35. The normalized spacial score (nSPS) is 20.5. The lowest BCUT2D eigenvalue weighted by atomic mass is 9.97. The van der Waals surface area contributed by atoms with E-state index in [-0.39, 0.29) is 0 Å². The quantitative estimate of drug-likeness (QED) is 0.854. The van der Waals surface area contributed by atoms with Crippen molar-refractivity contribution in [3.8, 4) is 0 Å². The van der Waals surface area contributed by atoms with Gasteiger partial charge in [0, 0.05) is 13.1 Å². The van der Waals surface area contributed by atoms with Crippen LogP contribution >= 0.6 is 0 Å². The Hall–Kier alpha value is -0.860. The Balaban J connectivity index is 1.53. The first-order chi connectivity index (χ1) is 9.85. The van der Waals surface area contributed by atoms with Gasteiger partial charge < -0.3 is 5.32 Å². The van der Waals surface area contributed by atoms with Gasteiger partial charge in [0.25, 0.3) is 0 Å². The van der Waals surface area contributed by atoms with E-state index in [1.165, 1.54) is 50.9 Å². The van der Waals surface area contributed by atoms with E-state index in [0.717, 1.165) is 24.9 Å². The maximum Gasteiger partial charge on any atom is 0.0233 e. The number of rotatable bonds is 6. The fourth-order valence-electron chi connectivity index (χ4n) is 3.30. The van der Waals surface area contributed by atoms with Crippen LogP contribution in [0.4, 0.5) is 0 Å². The molecular weight excluding hydrogens is 244 g/mol. The highest BCUT2D eigenvalue weighted by molar-refractivity contribution is 5.28. The highest BCUT2D eigenvalue weighted by Gasteiger charge is 2.23. The molecule has 1 aromatic carbocycles. The Morgan fingerprint density at radius 2 is 1.75 bits per heavy atom. The molecular formula is C18H28N2. The van der Waals surface area contributed by atoms with Gasteiger partial charge in [-0.25, -0.2) is 0 Å². The first-order valence-electron chi connectivity index (χ1n) is 8.37. The molecule has 20 heavy (non-hydrogen) atoms. The molecule has 0 bridgehead atoms. The van der Waals surface area contributed by atoms with E-state index in [1.807, 2.05) is 0 Å². The van der Waals surface area contributed by atoms with E-state index in [9.17, 15) is 0 Å². The topological polar surface area (TPSA) is 15.3 Å². The van der Waals surface area contributed by atoms with Crippen LogP contribution in [-0.4, -0.2) is 31.1 Å². The average Bonchev–Trinajstić information content (AvgIpc) is 3.33. The van der Waals surface area contributed by atoms with Gasteiger partial charge in [-0.3, -0.25) is 4.90 Å². The van der Waals surface area contributed by atoms with Gasteiger partial charge in [-0.15, -0.1) is 0 Å². The summed E-state index contributed by atoms with van der Waals surface area (Å²) in [5, 5.41) is 3.46. The second kappa shape index (κ2) is 6.73. The number of piperidine rings is 1. The van der Waals surface area contributed by atoms with Crippen LogP contribution in [0, 0.1) is 5.92 Å². The van der Waals surface area contributed by atoms with Crippen molar-refractivity contribution in [1.29, 1.82) is 0 Å². The Morgan fingerprint density at radius 3 is 2.35 bits per heavy atom. The number of hydrogen-bond acceptors (Lipinski definition) is 2. The molecule has 2 heteroatoms. The number of nitrogens with zero attached hydrogens (tertiary/aromatic N) is 1. The van der Waals surface area contributed by atoms with E-state index < -0.39 is 0 Å².